The van der Waals surface area contributed by atoms with Crippen LogP contribution in [0.5, 0.6) is 0 Å². The molecule has 0 aliphatic rings. The van der Waals surface area contributed by atoms with Gasteiger partial charge in [0.05, 0.1) is 6.42 Å². The first kappa shape index (κ1) is 17.9. The summed E-state index contributed by atoms with van der Waals surface area (Å²) in [6, 6.07) is -0.594. The molecule has 0 heterocycles. The van der Waals surface area contributed by atoms with Crippen molar-refractivity contribution in [1.82, 2.24) is 4.90 Å². The van der Waals surface area contributed by atoms with Crippen LogP contribution >= 0.6 is 0 Å². The van der Waals surface area contributed by atoms with Crippen LogP contribution in [0.15, 0.2) is 0 Å². The Hall–Kier alpha value is -1.10. The van der Waals surface area contributed by atoms with Gasteiger partial charge in [-0.05, 0) is 24.8 Å². The van der Waals surface area contributed by atoms with Crippen molar-refractivity contribution in [2.75, 3.05) is 13.1 Å². The molecule has 0 aliphatic carbocycles. The Morgan fingerprint density at radius 2 is 1.68 bits per heavy atom. The van der Waals surface area contributed by atoms with Crippen LogP contribution in [0.1, 0.15) is 47.0 Å². The van der Waals surface area contributed by atoms with Gasteiger partial charge in [-0.3, -0.25) is 14.5 Å². The summed E-state index contributed by atoms with van der Waals surface area (Å²) >= 11 is 0. The standard InChI is InChI=1S/C14H27NO4/c1-5-11(4)13(14(18)19)15(8-6-10(2)3)9-7-12(16)17/h10-11,13H,5-9H2,1-4H3,(H,16,17)(H,18,19). The zero-order chi connectivity index (χ0) is 15.0. The molecule has 0 radical (unpaired) electrons. The van der Waals surface area contributed by atoms with Crippen molar-refractivity contribution in [2.24, 2.45) is 11.8 Å². The third-order valence-electron chi connectivity index (χ3n) is 3.44. The van der Waals surface area contributed by atoms with Gasteiger partial charge in [0, 0.05) is 6.54 Å². The highest BCUT2D eigenvalue weighted by molar-refractivity contribution is 5.74. The first-order valence-electron chi connectivity index (χ1n) is 6.98. The van der Waals surface area contributed by atoms with Gasteiger partial charge in [0.1, 0.15) is 6.04 Å². The fourth-order valence-electron chi connectivity index (χ4n) is 2.04. The van der Waals surface area contributed by atoms with Gasteiger partial charge in [0.15, 0.2) is 0 Å². The molecule has 2 N–H and O–H groups in total. The molecule has 0 aromatic rings. The van der Waals surface area contributed by atoms with E-state index in [0.29, 0.717) is 19.0 Å². The maximum absolute atomic E-state index is 11.4. The third-order valence-corrected chi connectivity index (χ3v) is 3.44. The summed E-state index contributed by atoms with van der Waals surface area (Å²) in [6.45, 7) is 8.94. The highest BCUT2D eigenvalue weighted by Gasteiger charge is 2.30. The molecule has 2 unspecified atom stereocenters. The summed E-state index contributed by atoms with van der Waals surface area (Å²) in [6.07, 6.45) is 1.63. The smallest absolute Gasteiger partial charge is 0.321 e. The Labute approximate surface area is 115 Å². The van der Waals surface area contributed by atoms with Crippen LogP contribution in [0.25, 0.3) is 0 Å². The Bertz CT molecular complexity index is 291. The highest BCUT2D eigenvalue weighted by atomic mass is 16.4. The van der Waals surface area contributed by atoms with E-state index < -0.39 is 18.0 Å². The van der Waals surface area contributed by atoms with Gasteiger partial charge in [-0.15, -0.1) is 0 Å². The lowest BCUT2D eigenvalue weighted by Crippen LogP contribution is -2.47. The van der Waals surface area contributed by atoms with Gasteiger partial charge in [0.25, 0.3) is 0 Å². The molecule has 19 heavy (non-hydrogen) atoms. The normalized spacial score (nSPS) is 14.6. The van der Waals surface area contributed by atoms with E-state index in [2.05, 4.69) is 13.8 Å². The summed E-state index contributed by atoms with van der Waals surface area (Å²) < 4.78 is 0. The van der Waals surface area contributed by atoms with Crippen molar-refractivity contribution in [2.45, 2.75) is 53.0 Å². The van der Waals surface area contributed by atoms with E-state index in [-0.39, 0.29) is 12.3 Å². The zero-order valence-electron chi connectivity index (χ0n) is 12.4. The molecule has 0 aliphatic heterocycles. The van der Waals surface area contributed by atoms with Gasteiger partial charge < -0.3 is 10.2 Å². The quantitative estimate of drug-likeness (QED) is 0.638. The van der Waals surface area contributed by atoms with Crippen LogP contribution in [0.3, 0.4) is 0 Å². The van der Waals surface area contributed by atoms with Crippen LogP contribution in [-0.4, -0.2) is 46.2 Å². The lowest BCUT2D eigenvalue weighted by atomic mass is 9.96. The summed E-state index contributed by atoms with van der Waals surface area (Å²) in [5.41, 5.74) is 0. The minimum atomic E-state index is -0.886. The fourth-order valence-corrected chi connectivity index (χ4v) is 2.04. The lowest BCUT2D eigenvalue weighted by Gasteiger charge is -2.32. The van der Waals surface area contributed by atoms with Crippen molar-refractivity contribution < 1.29 is 19.8 Å². The van der Waals surface area contributed by atoms with E-state index in [9.17, 15) is 14.7 Å². The Morgan fingerprint density at radius 3 is 2.05 bits per heavy atom. The number of rotatable bonds is 10. The van der Waals surface area contributed by atoms with Crippen LogP contribution < -0.4 is 0 Å². The molecule has 0 aromatic heterocycles. The Balaban J connectivity index is 4.81. The molecule has 0 amide bonds. The molecular weight excluding hydrogens is 246 g/mol. The van der Waals surface area contributed by atoms with Crippen molar-refractivity contribution in [3.8, 4) is 0 Å². The van der Waals surface area contributed by atoms with Crippen molar-refractivity contribution in [1.29, 1.82) is 0 Å². The summed E-state index contributed by atoms with van der Waals surface area (Å²) in [5, 5.41) is 18.2. The van der Waals surface area contributed by atoms with Crippen LogP contribution in [0.2, 0.25) is 0 Å². The summed E-state index contributed by atoms with van der Waals surface area (Å²) in [7, 11) is 0. The molecule has 0 rings (SSSR count). The summed E-state index contributed by atoms with van der Waals surface area (Å²) in [4.78, 5) is 24.0. The number of nitrogens with zero attached hydrogens (tertiary/aromatic N) is 1. The predicted molar refractivity (Wildman–Crippen MR) is 74.2 cm³/mol. The van der Waals surface area contributed by atoms with E-state index in [1.54, 1.807) is 0 Å². The molecule has 0 aromatic carbocycles. The number of carbonyl (C=O) groups is 2. The van der Waals surface area contributed by atoms with Crippen LogP contribution in [0, 0.1) is 11.8 Å². The first-order chi connectivity index (χ1) is 8.79. The second-order valence-electron chi connectivity index (χ2n) is 5.53. The molecule has 0 spiro atoms. The average molecular weight is 273 g/mol. The Morgan fingerprint density at radius 1 is 1.11 bits per heavy atom. The van der Waals surface area contributed by atoms with Gasteiger partial charge in [-0.25, -0.2) is 0 Å². The van der Waals surface area contributed by atoms with E-state index >= 15 is 0 Å². The number of aliphatic carboxylic acids is 2. The maximum atomic E-state index is 11.4. The minimum absolute atomic E-state index is 0.0125. The minimum Gasteiger partial charge on any atom is -0.481 e. The number of hydrogen-bond donors (Lipinski definition) is 2. The van der Waals surface area contributed by atoms with E-state index in [4.69, 9.17) is 5.11 Å². The monoisotopic (exact) mass is 273 g/mol. The predicted octanol–water partition coefficient (Wildman–Crippen LogP) is 2.31. The SMILES string of the molecule is CCC(C)C(C(=O)O)N(CCC(=O)O)CCC(C)C. The topological polar surface area (TPSA) is 77.8 Å². The van der Waals surface area contributed by atoms with Gasteiger partial charge in [-0.2, -0.15) is 0 Å². The maximum Gasteiger partial charge on any atom is 0.321 e. The second-order valence-corrected chi connectivity index (χ2v) is 5.53. The largest absolute Gasteiger partial charge is 0.481 e. The van der Waals surface area contributed by atoms with Crippen LogP contribution in [0.4, 0.5) is 0 Å². The average Bonchev–Trinajstić information content (AvgIpc) is 2.30. The fraction of sp³-hybridized carbons (Fsp3) is 0.857. The van der Waals surface area contributed by atoms with Crippen molar-refractivity contribution in [3.05, 3.63) is 0 Å². The van der Waals surface area contributed by atoms with Gasteiger partial charge in [0.2, 0.25) is 0 Å². The van der Waals surface area contributed by atoms with Gasteiger partial charge in [-0.1, -0.05) is 34.1 Å². The molecule has 0 fully saturated rings. The molecule has 5 nitrogen and oxygen atoms in total. The lowest BCUT2D eigenvalue weighted by molar-refractivity contribution is -0.147. The third kappa shape index (κ3) is 7.15. The van der Waals surface area contributed by atoms with E-state index in [0.717, 1.165) is 12.8 Å². The van der Waals surface area contributed by atoms with Gasteiger partial charge >= 0.3 is 11.9 Å². The zero-order valence-corrected chi connectivity index (χ0v) is 12.4. The molecular formula is C14H27NO4. The van der Waals surface area contributed by atoms with Crippen LogP contribution in [-0.2, 0) is 9.59 Å². The van der Waals surface area contributed by atoms with E-state index in [1.165, 1.54) is 0 Å². The number of carboxylic acids is 2. The second kappa shape index (κ2) is 8.91. The number of carboxylic acid groups (broad SMARTS) is 2. The Kier molecular flexibility index (Phi) is 8.39. The number of hydrogen-bond acceptors (Lipinski definition) is 3. The molecule has 2 atom stereocenters. The molecule has 0 saturated carbocycles. The molecule has 112 valence electrons. The summed E-state index contributed by atoms with van der Waals surface area (Å²) in [5.74, 6) is -1.26. The molecule has 0 saturated heterocycles. The highest BCUT2D eigenvalue weighted by Crippen LogP contribution is 2.17. The van der Waals surface area contributed by atoms with E-state index in [1.807, 2.05) is 18.7 Å². The van der Waals surface area contributed by atoms with Crippen molar-refractivity contribution >= 4 is 11.9 Å². The molecule has 5 heteroatoms. The molecule has 0 bridgehead atoms. The van der Waals surface area contributed by atoms with Crippen molar-refractivity contribution in [3.63, 3.8) is 0 Å². The first-order valence-corrected chi connectivity index (χ1v) is 6.98.